The standard InChI is InChI=1S/C10H25NSi/c1-6-8-11(9-7-2)10-12(3,4)5/h6-10H2,1-5H3. The maximum Gasteiger partial charge on any atom is 0.0599 e. The predicted molar refractivity (Wildman–Crippen MR) is 60.4 cm³/mol. The van der Waals surface area contributed by atoms with Crippen molar-refractivity contribution in [2.75, 3.05) is 19.3 Å². The summed E-state index contributed by atoms with van der Waals surface area (Å²) >= 11 is 0. The molecule has 12 heavy (non-hydrogen) atoms. The zero-order valence-corrected chi connectivity index (χ0v) is 10.5. The average Bonchev–Trinajstić information content (AvgIpc) is 1.84. The first-order valence-corrected chi connectivity index (χ1v) is 8.92. The van der Waals surface area contributed by atoms with E-state index in [0.717, 1.165) is 0 Å². The highest BCUT2D eigenvalue weighted by Crippen LogP contribution is 2.05. The lowest BCUT2D eigenvalue weighted by molar-refractivity contribution is 0.313. The van der Waals surface area contributed by atoms with E-state index in [-0.39, 0.29) is 0 Å². The molecule has 0 amide bonds. The predicted octanol–water partition coefficient (Wildman–Crippen LogP) is 2.99. The molecule has 0 saturated heterocycles. The second-order valence-corrected chi connectivity index (χ2v) is 10.3. The van der Waals surface area contributed by atoms with Gasteiger partial charge in [-0.05, 0) is 32.1 Å². The van der Waals surface area contributed by atoms with Gasteiger partial charge in [0.1, 0.15) is 0 Å². The Hall–Kier alpha value is 0.177. The Morgan fingerprint density at radius 3 is 1.58 bits per heavy atom. The SMILES string of the molecule is CCCN(CCC)C[Si](C)(C)C. The Balaban J connectivity index is 3.77. The summed E-state index contributed by atoms with van der Waals surface area (Å²) < 4.78 is 0. The van der Waals surface area contributed by atoms with Gasteiger partial charge < -0.3 is 4.90 Å². The molecule has 0 aliphatic heterocycles. The highest BCUT2D eigenvalue weighted by molar-refractivity contribution is 6.76. The first-order chi connectivity index (χ1) is 5.49. The molecule has 0 aliphatic rings. The van der Waals surface area contributed by atoms with E-state index in [9.17, 15) is 0 Å². The zero-order valence-electron chi connectivity index (χ0n) is 9.48. The van der Waals surface area contributed by atoms with Gasteiger partial charge in [-0.2, -0.15) is 0 Å². The molecule has 0 aromatic rings. The molecule has 0 rings (SSSR count). The van der Waals surface area contributed by atoms with Crippen LogP contribution in [0.4, 0.5) is 0 Å². The molecule has 0 unspecified atom stereocenters. The highest BCUT2D eigenvalue weighted by Gasteiger charge is 2.16. The fourth-order valence-corrected chi connectivity index (χ4v) is 3.23. The molecule has 0 radical (unpaired) electrons. The molecule has 0 spiro atoms. The van der Waals surface area contributed by atoms with Crippen LogP contribution in [-0.2, 0) is 0 Å². The first-order valence-electron chi connectivity index (χ1n) is 5.22. The molecule has 1 nitrogen and oxygen atoms in total. The minimum Gasteiger partial charge on any atom is -0.306 e. The Bertz CT molecular complexity index is 101. The molecular weight excluding hydrogens is 162 g/mol. The maximum atomic E-state index is 2.63. The third-order valence-electron chi connectivity index (χ3n) is 1.78. The number of rotatable bonds is 6. The van der Waals surface area contributed by atoms with E-state index in [1.807, 2.05) is 0 Å². The molecular formula is C10H25NSi. The molecule has 0 aromatic carbocycles. The van der Waals surface area contributed by atoms with Crippen molar-refractivity contribution in [1.29, 1.82) is 0 Å². The largest absolute Gasteiger partial charge is 0.306 e. The minimum atomic E-state index is -0.869. The van der Waals surface area contributed by atoms with E-state index in [1.54, 1.807) is 0 Å². The van der Waals surface area contributed by atoms with Gasteiger partial charge in [0.25, 0.3) is 0 Å². The van der Waals surface area contributed by atoms with Crippen molar-refractivity contribution >= 4 is 8.07 Å². The topological polar surface area (TPSA) is 3.24 Å². The quantitative estimate of drug-likeness (QED) is 0.578. The Labute approximate surface area is 79.2 Å². The van der Waals surface area contributed by atoms with Gasteiger partial charge in [-0.15, -0.1) is 0 Å². The number of nitrogens with zero attached hydrogens (tertiary/aromatic N) is 1. The van der Waals surface area contributed by atoms with Crippen molar-refractivity contribution in [1.82, 2.24) is 4.90 Å². The number of hydrogen-bond donors (Lipinski definition) is 0. The smallest absolute Gasteiger partial charge is 0.0599 e. The van der Waals surface area contributed by atoms with Gasteiger partial charge in [0.05, 0.1) is 8.07 Å². The van der Waals surface area contributed by atoms with Crippen LogP contribution >= 0.6 is 0 Å². The van der Waals surface area contributed by atoms with Gasteiger partial charge in [0.15, 0.2) is 0 Å². The summed E-state index contributed by atoms with van der Waals surface area (Å²) in [6.45, 7) is 14.5. The highest BCUT2D eigenvalue weighted by atomic mass is 28.3. The molecule has 0 N–H and O–H groups in total. The van der Waals surface area contributed by atoms with Crippen LogP contribution in [0.2, 0.25) is 19.6 Å². The second-order valence-electron chi connectivity index (χ2n) is 4.84. The van der Waals surface area contributed by atoms with Crippen molar-refractivity contribution < 1.29 is 0 Å². The van der Waals surface area contributed by atoms with E-state index in [2.05, 4.69) is 38.4 Å². The van der Waals surface area contributed by atoms with Gasteiger partial charge >= 0.3 is 0 Å². The molecule has 0 aliphatic carbocycles. The van der Waals surface area contributed by atoms with E-state index < -0.39 is 8.07 Å². The third kappa shape index (κ3) is 6.86. The summed E-state index contributed by atoms with van der Waals surface area (Å²) in [5.74, 6) is 0. The van der Waals surface area contributed by atoms with Gasteiger partial charge in [0.2, 0.25) is 0 Å². The lowest BCUT2D eigenvalue weighted by Crippen LogP contribution is -2.40. The van der Waals surface area contributed by atoms with Crippen molar-refractivity contribution in [2.24, 2.45) is 0 Å². The van der Waals surface area contributed by atoms with Crippen LogP contribution < -0.4 is 0 Å². The molecule has 0 bridgehead atoms. The molecule has 74 valence electrons. The monoisotopic (exact) mass is 187 g/mol. The van der Waals surface area contributed by atoms with Crippen LogP contribution in [0.15, 0.2) is 0 Å². The van der Waals surface area contributed by atoms with Crippen molar-refractivity contribution in [3.05, 3.63) is 0 Å². The van der Waals surface area contributed by atoms with E-state index >= 15 is 0 Å². The van der Waals surface area contributed by atoms with Crippen molar-refractivity contribution in [3.63, 3.8) is 0 Å². The lowest BCUT2D eigenvalue weighted by Gasteiger charge is -2.28. The van der Waals surface area contributed by atoms with Crippen LogP contribution in [-0.4, -0.2) is 32.2 Å². The van der Waals surface area contributed by atoms with E-state index in [4.69, 9.17) is 0 Å². The second kappa shape index (κ2) is 5.76. The summed E-state index contributed by atoms with van der Waals surface area (Å²) in [5, 5.41) is 0. The van der Waals surface area contributed by atoms with Crippen LogP contribution in [0.3, 0.4) is 0 Å². The molecule has 0 heterocycles. The number of hydrogen-bond acceptors (Lipinski definition) is 1. The van der Waals surface area contributed by atoms with Gasteiger partial charge in [-0.25, -0.2) is 0 Å². The fourth-order valence-electron chi connectivity index (χ4n) is 1.57. The summed E-state index contributed by atoms with van der Waals surface area (Å²) in [4.78, 5) is 2.63. The van der Waals surface area contributed by atoms with Crippen LogP contribution in [0.1, 0.15) is 26.7 Å². The van der Waals surface area contributed by atoms with Crippen molar-refractivity contribution in [3.8, 4) is 0 Å². The normalized spacial score (nSPS) is 12.5. The molecule has 0 aromatic heterocycles. The summed E-state index contributed by atoms with van der Waals surface area (Å²) in [7, 11) is -0.869. The minimum absolute atomic E-state index is 0.869. The van der Waals surface area contributed by atoms with Gasteiger partial charge in [0, 0.05) is 0 Å². The van der Waals surface area contributed by atoms with Crippen LogP contribution in [0, 0.1) is 0 Å². The molecule has 0 saturated carbocycles. The Morgan fingerprint density at radius 2 is 1.33 bits per heavy atom. The third-order valence-corrected chi connectivity index (χ3v) is 3.17. The average molecular weight is 187 g/mol. The van der Waals surface area contributed by atoms with Crippen LogP contribution in [0.25, 0.3) is 0 Å². The van der Waals surface area contributed by atoms with Crippen LogP contribution in [0.5, 0.6) is 0 Å². The van der Waals surface area contributed by atoms with E-state index in [0.29, 0.717) is 0 Å². The zero-order chi connectivity index (χ0) is 9.61. The maximum absolute atomic E-state index is 2.63. The Morgan fingerprint density at radius 1 is 0.917 bits per heavy atom. The van der Waals surface area contributed by atoms with Crippen molar-refractivity contribution in [2.45, 2.75) is 46.3 Å². The molecule has 2 heteroatoms. The lowest BCUT2D eigenvalue weighted by atomic mass is 10.4. The molecule has 0 fully saturated rings. The van der Waals surface area contributed by atoms with Gasteiger partial charge in [-0.1, -0.05) is 33.5 Å². The summed E-state index contributed by atoms with van der Waals surface area (Å²) in [6, 6.07) is 0. The summed E-state index contributed by atoms with van der Waals surface area (Å²) in [6.07, 6.45) is 3.96. The fraction of sp³-hybridized carbons (Fsp3) is 1.00. The van der Waals surface area contributed by atoms with E-state index in [1.165, 1.54) is 32.1 Å². The summed E-state index contributed by atoms with van der Waals surface area (Å²) in [5.41, 5.74) is 0. The molecule has 0 atom stereocenters. The Kier molecular flexibility index (Phi) is 5.84. The van der Waals surface area contributed by atoms with Gasteiger partial charge in [-0.3, -0.25) is 0 Å². The first kappa shape index (κ1) is 12.2.